The second-order valence-corrected chi connectivity index (χ2v) is 4.97. The van der Waals surface area contributed by atoms with E-state index in [2.05, 4.69) is 24.1 Å². The van der Waals surface area contributed by atoms with E-state index in [1.807, 2.05) is 12.1 Å². The molecular formula is C14H22N2O. The Morgan fingerprint density at radius 1 is 1.35 bits per heavy atom. The minimum atomic E-state index is 0.342. The van der Waals surface area contributed by atoms with Gasteiger partial charge in [-0.2, -0.15) is 0 Å². The highest BCUT2D eigenvalue weighted by atomic mass is 16.3. The largest absolute Gasteiger partial charge is 0.508 e. The average Bonchev–Trinajstić information content (AvgIpc) is 2.32. The van der Waals surface area contributed by atoms with E-state index >= 15 is 0 Å². The van der Waals surface area contributed by atoms with Gasteiger partial charge in [0.1, 0.15) is 5.75 Å². The van der Waals surface area contributed by atoms with Crippen molar-refractivity contribution in [2.45, 2.75) is 38.9 Å². The zero-order valence-corrected chi connectivity index (χ0v) is 10.7. The summed E-state index contributed by atoms with van der Waals surface area (Å²) in [6.45, 7) is 7.63. The van der Waals surface area contributed by atoms with Gasteiger partial charge in [-0.1, -0.05) is 19.1 Å². The van der Waals surface area contributed by atoms with Crippen molar-refractivity contribution in [1.82, 2.24) is 10.2 Å². The molecule has 0 spiro atoms. The van der Waals surface area contributed by atoms with Crippen LogP contribution in [0.2, 0.25) is 0 Å². The maximum Gasteiger partial charge on any atom is 0.115 e. The predicted octanol–water partition coefficient (Wildman–Crippen LogP) is 1.96. The molecule has 0 bridgehead atoms. The van der Waals surface area contributed by atoms with Crippen molar-refractivity contribution in [1.29, 1.82) is 0 Å². The third-order valence-electron chi connectivity index (χ3n) is 3.52. The lowest BCUT2D eigenvalue weighted by molar-refractivity contribution is 0.124. The number of phenols is 1. The molecule has 0 aromatic heterocycles. The van der Waals surface area contributed by atoms with E-state index in [9.17, 15) is 5.11 Å². The summed E-state index contributed by atoms with van der Waals surface area (Å²) in [5, 5.41) is 12.8. The molecular weight excluding hydrogens is 212 g/mol. The Hall–Kier alpha value is -1.06. The smallest absolute Gasteiger partial charge is 0.115 e. The summed E-state index contributed by atoms with van der Waals surface area (Å²) in [4.78, 5) is 2.54. The number of aromatic hydroxyl groups is 1. The van der Waals surface area contributed by atoms with Gasteiger partial charge < -0.3 is 10.4 Å². The SMILES string of the molecule is CCC1CNC(C)CN1Cc1ccc(O)cc1. The van der Waals surface area contributed by atoms with Crippen molar-refractivity contribution in [3.8, 4) is 5.75 Å². The van der Waals surface area contributed by atoms with Gasteiger partial charge in [0.15, 0.2) is 0 Å². The first-order valence-corrected chi connectivity index (χ1v) is 6.44. The molecule has 1 aliphatic rings. The van der Waals surface area contributed by atoms with Crippen molar-refractivity contribution < 1.29 is 5.11 Å². The molecule has 1 heterocycles. The van der Waals surface area contributed by atoms with Crippen LogP contribution >= 0.6 is 0 Å². The Morgan fingerprint density at radius 2 is 2.06 bits per heavy atom. The van der Waals surface area contributed by atoms with Crippen molar-refractivity contribution in [2.24, 2.45) is 0 Å². The van der Waals surface area contributed by atoms with Crippen LogP contribution in [0.4, 0.5) is 0 Å². The van der Waals surface area contributed by atoms with E-state index in [1.165, 1.54) is 12.0 Å². The maximum absolute atomic E-state index is 9.28. The van der Waals surface area contributed by atoms with Gasteiger partial charge in [0.2, 0.25) is 0 Å². The fourth-order valence-electron chi connectivity index (χ4n) is 2.46. The fraction of sp³-hybridized carbons (Fsp3) is 0.571. The summed E-state index contributed by atoms with van der Waals surface area (Å²) in [6.07, 6.45) is 1.18. The van der Waals surface area contributed by atoms with Gasteiger partial charge in [-0.3, -0.25) is 4.90 Å². The van der Waals surface area contributed by atoms with Crippen LogP contribution < -0.4 is 5.32 Å². The Kier molecular flexibility index (Phi) is 4.02. The molecule has 3 nitrogen and oxygen atoms in total. The third kappa shape index (κ3) is 3.20. The number of hydrogen-bond acceptors (Lipinski definition) is 3. The molecule has 0 radical (unpaired) electrons. The number of phenolic OH excluding ortho intramolecular Hbond substituents is 1. The van der Waals surface area contributed by atoms with E-state index in [-0.39, 0.29) is 0 Å². The molecule has 94 valence electrons. The summed E-state index contributed by atoms with van der Waals surface area (Å²) in [5.41, 5.74) is 1.27. The molecule has 3 heteroatoms. The molecule has 17 heavy (non-hydrogen) atoms. The molecule has 2 rings (SSSR count). The Balaban J connectivity index is 2.02. The Labute approximate surface area is 103 Å². The van der Waals surface area contributed by atoms with E-state index in [1.54, 1.807) is 12.1 Å². The lowest BCUT2D eigenvalue weighted by atomic mass is 10.1. The van der Waals surface area contributed by atoms with Gasteiger partial charge >= 0.3 is 0 Å². The summed E-state index contributed by atoms with van der Waals surface area (Å²) < 4.78 is 0. The Morgan fingerprint density at radius 3 is 2.71 bits per heavy atom. The standard InChI is InChI=1S/C14H22N2O/c1-3-13-8-15-11(2)9-16(13)10-12-4-6-14(17)7-5-12/h4-7,11,13,15,17H,3,8-10H2,1-2H3. The van der Waals surface area contributed by atoms with E-state index in [0.717, 1.165) is 19.6 Å². The number of rotatable bonds is 3. The van der Waals surface area contributed by atoms with E-state index in [4.69, 9.17) is 0 Å². The number of piperazine rings is 1. The van der Waals surface area contributed by atoms with Crippen LogP contribution in [0.1, 0.15) is 25.8 Å². The number of hydrogen-bond donors (Lipinski definition) is 2. The van der Waals surface area contributed by atoms with Crippen LogP contribution in [0.3, 0.4) is 0 Å². The summed E-state index contributed by atoms with van der Waals surface area (Å²) in [5.74, 6) is 0.342. The zero-order valence-electron chi connectivity index (χ0n) is 10.7. The number of benzene rings is 1. The van der Waals surface area contributed by atoms with E-state index in [0.29, 0.717) is 17.8 Å². The van der Waals surface area contributed by atoms with Gasteiger partial charge in [-0.15, -0.1) is 0 Å². The molecule has 0 aliphatic carbocycles. The van der Waals surface area contributed by atoms with Crippen LogP contribution in [0.15, 0.2) is 24.3 Å². The number of nitrogens with one attached hydrogen (secondary N) is 1. The summed E-state index contributed by atoms with van der Waals surface area (Å²) >= 11 is 0. The molecule has 1 fully saturated rings. The van der Waals surface area contributed by atoms with Crippen LogP contribution in [-0.2, 0) is 6.54 Å². The first kappa shape index (κ1) is 12.4. The first-order chi connectivity index (χ1) is 8.19. The van der Waals surface area contributed by atoms with Gasteiger partial charge in [0.05, 0.1) is 0 Å². The maximum atomic E-state index is 9.28. The van der Waals surface area contributed by atoms with Crippen LogP contribution in [0.25, 0.3) is 0 Å². The summed E-state index contributed by atoms with van der Waals surface area (Å²) in [7, 11) is 0. The molecule has 1 aliphatic heterocycles. The second kappa shape index (κ2) is 5.52. The molecule has 2 unspecified atom stereocenters. The highest BCUT2D eigenvalue weighted by Gasteiger charge is 2.24. The molecule has 2 atom stereocenters. The molecule has 1 aromatic rings. The number of nitrogens with zero attached hydrogens (tertiary/aromatic N) is 1. The van der Waals surface area contributed by atoms with Gasteiger partial charge in [-0.05, 0) is 31.0 Å². The van der Waals surface area contributed by atoms with Gasteiger partial charge in [0, 0.05) is 31.7 Å². The van der Waals surface area contributed by atoms with Crippen LogP contribution in [0, 0.1) is 0 Å². The fourth-order valence-corrected chi connectivity index (χ4v) is 2.46. The van der Waals surface area contributed by atoms with E-state index < -0.39 is 0 Å². The van der Waals surface area contributed by atoms with Gasteiger partial charge in [-0.25, -0.2) is 0 Å². The predicted molar refractivity (Wildman–Crippen MR) is 70.1 cm³/mol. The van der Waals surface area contributed by atoms with Gasteiger partial charge in [0.25, 0.3) is 0 Å². The topological polar surface area (TPSA) is 35.5 Å². The zero-order chi connectivity index (χ0) is 12.3. The second-order valence-electron chi connectivity index (χ2n) is 4.97. The van der Waals surface area contributed by atoms with Crippen molar-refractivity contribution >= 4 is 0 Å². The van der Waals surface area contributed by atoms with Crippen LogP contribution in [-0.4, -0.2) is 35.2 Å². The normalized spacial score (nSPS) is 26.0. The van der Waals surface area contributed by atoms with Crippen molar-refractivity contribution in [3.63, 3.8) is 0 Å². The minimum absolute atomic E-state index is 0.342. The molecule has 0 saturated carbocycles. The lowest BCUT2D eigenvalue weighted by Gasteiger charge is -2.39. The molecule has 0 amide bonds. The molecule has 1 saturated heterocycles. The van der Waals surface area contributed by atoms with Crippen molar-refractivity contribution in [2.75, 3.05) is 13.1 Å². The highest BCUT2D eigenvalue weighted by Crippen LogP contribution is 2.16. The monoisotopic (exact) mass is 234 g/mol. The first-order valence-electron chi connectivity index (χ1n) is 6.44. The van der Waals surface area contributed by atoms with Crippen LogP contribution in [0.5, 0.6) is 5.75 Å². The third-order valence-corrected chi connectivity index (χ3v) is 3.52. The average molecular weight is 234 g/mol. The molecule has 1 aromatic carbocycles. The summed E-state index contributed by atoms with van der Waals surface area (Å²) in [6, 6.07) is 8.74. The minimum Gasteiger partial charge on any atom is -0.508 e. The molecule has 2 N–H and O–H groups in total. The lowest BCUT2D eigenvalue weighted by Crippen LogP contribution is -2.54. The van der Waals surface area contributed by atoms with Crippen molar-refractivity contribution in [3.05, 3.63) is 29.8 Å². The Bertz CT molecular complexity index is 350. The highest BCUT2D eigenvalue weighted by molar-refractivity contribution is 5.25. The quantitative estimate of drug-likeness (QED) is 0.839.